The van der Waals surface area contributed by atoms with E-state index in [0.717, 1.165) is 4.31 Å². The smallest absolute Gasteiger partial charge is 0.242 e. The van der Waals surface area contributed by atoms with Crippen LogP contribution in [0.2, 0.25) is 5.02 Å². The molecule has 0 radical (unpaired) electrons. The van der Waals surface area contributed by atoms with Gasteiger partial charge in [-0.05, 0) is 48.5 Å². The lowest BCUT2D eigenvalue weighted by molar-refractivity contribution is -0.116. The van der Waals surface area contributed by atoms with Gasteiger partial charge in [0.2, 0.25) is 15.9 Å². The normalized spacial score (nSPS) is 11.4. The highest BCUT2D eigenvalue weighted by molar-refractivity contribution is 7.89. The van der Waals surface area contributed by atoms with Crippen LogP contribution in [0.1, 0.15) is 23.2 Å². The number of halogens is 1. The van der Waals surface area contributed by atoms with Crippen LogP contribution in [-0.2, 0) is 14.8 Å². The molecule has 138 valence electrons. The van der Waals surface area contributed by atoms with Crippen LogP contribution < -0.4 is 5.32 Å². The van der Waals surface area contributed by atoms with Gasteiger partial charge in [0.1, 0.15) is 0 Å². The third-order valence-electron chi connectivity index (χ3n) is 3.66. The predicted octanol–water partition coefficient (Wildman–Crippen LogP) is 3.19. The zero-order valence-corrected chi connectivity index (χ0v) is 16.0. The number of Topliss-reactive ketones (excluding diaryl/α,β-unsaturated/α-hetero) is 1. The first-order chi connectivity index (χ1) is 12.2. The monoisotopic (exact) mass is 394 g/mol. The van der Waals surface area contributed by atoms with Gasteiger partial charge in [-0.2, -0.15) is 0 Å². The number of carbonyl (C=O) groups excluding carboxylic acids is 2. The summed E-state index contributed by atoms with van der Waals surface area (Å²) in [5, 5.41) is 3.19. The number of rotatable bonds is 7. The average Bonchev–Trinajstić information content (AvgIpc) is 2.60. The molecule has 2 aromatic carbocycles. The third kappa shape index (κ3) is 5.14. The lowest BCUT2D eigenvalue weighted by Crippen LogP contribution is -2.22. The second-order valence-electron chi connectivity index (χ2n) is 5.79. The molecular weight excluding hydrogens is 376 g/mol. The maximum atomic E-state index is 12.0. The van der Waals surface area contributed by atoms with Gasteiger partial charge in [-0.15, -0.1) is 0 Å². The van der Waals surface area contributed by atoms with Gasteiger partial charge in [-0.1, -0.05) is 11.6 Å². The Labute approximate surface area is 157 Å². The van der Waals surface area contributed by atoms with Gasteiger partial charge in [0.15, 0.2) is 5.78 Å². The highest BCUT2D eigenvalue weighted by Crippen LogP contribution is 2.17. The van der Waals surface area contributed by atoms with Crippen molar-refractivity contribution in [2.24, 2.45) is 0 Å². The highest BCUT2D eigenvalue weighted by atomic mass is 35.5. The minimum absolute atomic E-state index is 0.0270. The Balaban J connectivity index is 1.91. The molecule has 0 bridgehead atoms. The van der Waals surface area contributed by atoms with Crippen LogP contribution in [0.5, 0.6) is 0 Å². The molecule has 0 unspecified atom stereocenters. The summed E-state index contributed by atoms with van der Waals surface area (Å²) in [4.78, 5) is 24.2. The number of ketones is 1. The van der Waals surface area contributed by atoms with Crippen molar-refractivity contribution in [3.63, 3.8) is 0 Å². The number of benzene rings is 2. The number of sulfonamides is 1. The quantitative estimate of drug-likeness (QED) is 0.731. The fourth-order valence-electron chi connectivity index (χ4n) is 2.15. The van der Waals surface area contributed by atoms with Crippen molar-refractivity contribution in [3.05, 3.63) is 59.1 Å². The highest BCUT2D eigenvalue weighted by Gasteiger charge is 2.17. The van der Waals surface area contributed by atoms with Crippen molar-refractivity contribution in [2.45, 2.75) is 17.7 Å². The molecule has 0 saturated carbocycles. The van der Waals surface area contributed by atoms with Crippen LogP contribution in [0, 0.1) is 0 Å². The minimum atomic E-state index is -3.51. The first kappa shape index (κ1) is 20.1. The number of nitrogens with zero attached hydrogens (tertiary/aromatic N) is 1. The zero-order valence-electron chi connectivity index (χ0n) is 14.4. The topological polar surface area (TPSA) is 83.6 Å². The fraction of sp³-hybridized carbons (Fsp3) is 0.222. The van der Waals surface area contributed by atoms with E-state index in [0.29, 0.717) is 16.3 Å². The van der Waals surface area contributed by atoms with Crippen LogP contribution >= 0.6 is 11.6 Å². The van der Waals surface area contributed by atoms with Crippen LogP contribution in [0.4, 0.5) is 5.69 Å². The SMILES string of the molecule is CN(C)S(=O)(=O)c1ccc(NC(=O)CCC(=O)c2ccc(Cl)cc2)cc1. The predicted molar refractivity (Wildman–Crippen MR) is 101 cm³/mol. The number of hydrogen-bond donors (Lipinski definition) is 1. The van der Waals surface area contributed by atoms with E-state index in [4.69, 9.17) is 11.6 Å². The Morgan fingerprint density at radius 1 is 0.962 bits per heavy atom. The molecule has 0 fully saturated rings. The lowest BCUT2D eigenvalue weighted by atomic mass is 10.1. The third-order valence-corrected chi connectivity index (χ3v) is 5.74. The first-order valence-electron chi connectivity index (χ1n) is 7.81. The summed E-state index contributed by atoms with van der Waals surface area (Å²) < 4.78 is 25.1. The summed E-state index contributed by atoms with van der Waals surface area (Å²) in [7, 11) is -0.616. The molecule has 1 N–H and O–H groups in total. The molecule has 0 aliphatic heterocycles. The molecule has 6 nitrogen and oxygen atoms in total. The van der Waals surface area contributed by atoms with E-state index in [1.165, 1.54) is 38.4 Å². The molecule has 2 aromatic rings. The van der Waals surface area contributed by atoms with Crippen LogP contribution in [0.3, 0.4) is 0 Å². The number of hydrogen-bond acceptors (Lipinski definition) is 4. The molecule has 1 amide bonds. The second-order valence-corrected chi connectivity index (χ2v) is 8.38. The summed E-state index contributed by atoms with van der Waals surface area (Å²) in [6.45, 7) is 0. The summed E-state index contributed by atoms with van der Waals surface area (Å²) in [5.41, 5.74) is 0.965. The van der Waals surface area contributed by atoms with Crippen molar-refractivity contribution in [2.75, 3.05) is 19.4 Å². The van der Waals surface area contributed by atoms with Crippen LogP contribution in [-0.4, -0.2) is 38.5 Å². The number of amides is 1. The van der Waals surface area contributed by atoms with E-state index in [2.05, 4.69) is 5.32 Å². The standard InChI is InChI=1S/C18H19ClN2O4S/c1-21(2)26(24,25)16-9-7-15(8-10-16)20-18(23)12-11-17(22)13-3-5-14(19)6-4-13/h3-10H,11-12H2,1-2H3,(H,20,23). The molecule has 0 aliphatic carbocycles. The number of anilines is 1. The average molecular weight is 395 g/mol. The molecular formula is C18H19ClN2O4S. The van der Waals surface area contributed by atoms with Gasteiger partial charge in [0, 0.05) is 43.2 Å². The Kier molecular flexibility index (Phi) is 6.52. The number of carbonyl (C=O) groups is 2. The molecule has 0 aliphatic rings. The van der Waals surface area contributed by atoms with Crippen molar-refractivity contribution in [1.82, 2.24) is 4.31 Å². The van der Waals surface area contributed by atoms with Crippen molar-refractivity contribution in [1.29, 1.82) is 0 Å². The summed E-state index contributed by atoms with van der Waals surface area (Å²) in [6.07, 6.45) is 0.0970. The van der Waals surface area contributed by atoms with E-state index in [1.807, 2.05) is 0 Å². The summed E-state index contributed by atoms with van der Waals surface area (Å²) in [5.74, 6) is -0.472. The molecule has 0 heterocycles. The van der Waals surface area contributed by atoms with E-state index >= 15 is 0 Å². The van der Waals surface area contributed by atoms with Gasteiger partial charge >= 0.3 is 0 Å². The van der Waals surface area contributed by atoms with Crippen LogP contribution in [0.25, 0.3) is 0 Å². The Bertz CT molecular complexity index is 892. The van der Waals surface area contributed by atoms with Crippen molar-refractivity contribution < 1.29 is 18.0 Å². The first-order valence-corrected chi connectivity index (χ1v) is 9.63. The zero-order chi connectivity index (χ0) is 19.3. The van der Waals surface area contributed by atoms with Crippen molar-refractivity contribution >= 4 is 39.0 Å². The molecule has 0 spiro atoms. The summed E-state index contributed by atoms with van der Waals surface area (Å²) in [6, 6.07) is 12.3. The lowest BCUT2D eigenvalue weighted by Gasteiger charge is -2.12. The maximum Gasteiger partial charge on any atom is 0.242 e. The van der Waals surface area contributed by atoms with Crippen LogP contribution in [0.15, 0.2) is 53.4 Å². The Morgan fingerprint density at radius 3 is 2.08 bits per heavy atom. The molecule has 0 aromatic heterocycles. The summed E-state index contributed by atoms with van der Waals surface area (Å²) >= 11 is 5.77. The van der Waals surface area contributed by atoms with E-state index in [9.17, 15) is 18.0 Å². The van der Waals surface area contributed by atoms with E-state index < -0.39 is 10.0 Å². The van der Waals surface area contributed by atoms with E-state index in [-0.39, 0.29) is 29.4 Å². The van der Waals surface area contributed by atoms with Gasteiger partial charge in [0.05, 0.1) is 4.90 Å². The Hall–Kier alpha value is -2.22. The largest absolute Gasteiger partial charge is 0.326 e. The fourth-order valence-corrected chi connectivity index (χ4v) is 3.18. The minimum Gasteiger partial charge on any atom is -0.326 e. The van der Waals surface area contributed by atoms with Crippen molar-refractivity contribution in [3.8, 4) is 0 Å². The molecule has 8 heteroatoms. The second kappa shape index (κ2) is 8.44. The van der Waals surface area contributed by atoms with E-state index in [1.54, 1.807) is 24.3 Å². The molecule has 26 heavy (non-hydrogen) atoms. The maximum absolute atomic E-state index is 12.0. The molecule has 0 atom stereocenters. The van der Waals surface area contributed by atoms with Gasteiger partial charge in [0.25, 0.3) is 0 Å². The molecule has 0 saturated heterocycles. The van der Waals surface area contributed by atoms with Gasteiger partial charge in [-0.3, -0.25) is 9.59 Å². The number of nitrogens with one attached hydrogen (secondary N) is 1. The van der Waals surface area contributed by atoms with Gasteiger partial charge < -0.3 is 5.32 Å². The Morgan fingerprint density at radius 2 is 1.54 bits per heavy atom. The van der Waals surface area contributed by atoms with Gasteiger partial charge in [-0.25, -0.2) is 12.7 Å². The molecule has 2 rings (SSSR count).